The Balaban J connectivity index is 2.38. The number of carbonyl (C=O) groups is 2. The second kappa shape index (κ2) is 6.68. The number of hydrogen-bond donors (Lipinski definition) is 1. The Kier molecular flexibility index (Phi) is 5.20. The van der Waals surface area contributed by atoms with Crippen molar-refractivity contribution < 1.29 is 14.3 Å². The van der Waals surface area contributed by atoms with Crippen LogP contribution in [0.2, 0.25) is 0 Å². The first kappa shape index (κ1) is 13.2. The Morgan fingerprint density at radius 2 is 1.88 bits per heavy atom. The summed E-state index contributed by atoms with van der Waals surface area (Å²) in [4.78, 5) is 22.4. The van der Waals surface area contributed by atoms with E-state index in [1.54, 1.807) is 38.3 Å². The van der Waals surface area contributed by atoms with Crippen molar-refractivity contribution in [1.29, 1.82) is 0 Å². The molecular weight excluding hydrogens is 218 g/mol. The Morgan fingerprint density at radius 1 is 1.24 bits per heavy atom. The topological polar surface area (TPSA) is 55.4 Å². The molecule has 1 aromatic rings. The average molecular weight is 235 g/mol. The van der Waals surface area contributed by atoms with Gasteiger partial charge in [-0.3, -0.25) is 4.79 Å². The van der Waals surface area contributed by atoms with E-state index in [0.717, 1.165) is 5.75 Å². The summed E-state index contributed by atoms with van der Waals surface area (Å²) in [5.74, 6) is 0.734. The fourth-order valence-corrected chi connectivity index (χ4v) is 1.38. The van der Waals surface area contributed by atoms with E-state index in [4.69, 9.17) is 4.74 Å². The van der Waals surface area contributed by atoms with Crippen LogP contribution in [0.3, 0.4) is 0 Å². The SMILES string of the molecule is COc1ccc(C(=O)NCCCC(C)=O)cc1. The molecule has 0 bridgehead atoms. The van der Waals surface area contributed by atoms with Gasteiger partial charge in [0.1, 0.15) is 11.5 Å². The number of benzene rings is 1. The number of methoxy groups -OCH3 is 1. The van der Waals surface area contributed by atoms with E-state index < -0.39 is 0 Å². The summed E-state index contributed by atoms with van der Waals surface area (Å²) in [5.41, 5.74) is 0.591. The minimum absolute atomic E-state index is 0.129. The van der Waals surface area contributed by atoms with Crippen molar-refractivity contribution in [1.82, 2.24) is 5.32 Å². The van der Waals surface area contributed by atoms with Crippen LogP contribution in [-0.2, 0) is 4.79 Å². The maximum absolute atomic E-state index is 11.7. The van der Waals surface area contributed by atoms with E-state index in [-0.39, 0.29) is 11.7 Å². The first-order valence-electron chi connectivity index (χ1n) is 5.55. The maximum Gasteiger partial charge on any atom is 0.251 e. The zero-order valence-electron chi connectivity index (χ0n) is 10.2. The normalized spacial score (nSPS) is 9.76. The Hall–Kier alpha value is -1.84. The van der Waals surface area contributed by atoms with Gasteiger partial charge < -0.3 is 14.8 Å². The van der Waals surface area contributed by atoms with Gasteiger partial charge in [0.15, 0.2) is 0 Å². The van der Waals surface area contributed by atoms with Gasteiger partial charge in [0.05, 0.1) is 7.11 Å². The summed E-state index contributed by atoms with van der Waals surface area (Å²) < 4.78 is 5.00. The van der Waals surface area contributed by atoms with Crippen molar-refractivity contribution in [3.05, 3.63) is 29.8 Å². The molecule has 0 spiro atoms. The number of Topliss-reactive ketones (excluding diaryl/α,β-unsaturated/α-hetero) is 1. The van der Waals surface area contributed by atoms with Crippen LogP contribution >= 0.6 is 0 Å². The quantitative estimate of drug-likeness (QED) is 0.765. The van der Waals surface area contributed by atoms with Crippen LogP contribution in [0.4, 0.5) is 0 Å². The second-order valence-electron chi connectivity index (χ2n) is 3.79. The van der Waals surface area contributed by atoms with Crippen molar-refractivity contribution >= 4 is 11.7 Å². The first-order valence-corrected chi connectivity index (χ1v) is 5.55. The number of carbonyl (C=O) groups excluding carboxylic acids is 2. The highest BCUT2D eigenvalue weighted by molar-refractivity contribution is 5.94. The van der Waals surface area contributed by atoms with Crippen molar-refractivity contribution in [2.24, 2.45) is 0 Å². The second-order valence-corrected chi connectivity index (χ2v) is 3.79. The fourth-order valence-electron chi connectivity index (χ4n) is 1.38. The van der Waals surface area contributed by atoms with Crippen LogP contribution < -0.4 is 10.1 Å². The summed E-state index contributed by atoms with van der Waals surface area (Å²) in [6, 6.07) is 6.90. The van der Waals surface area contributed by atoms with Crippen LogP contribution in [0.25, 0.3) is 0 Å². The van der Waals surface area contributed by atoms with Crippen LogP contribution in [-0.4, -0.2) is 25.3 Å². The van der Waals surface area contributed by atoms with Crippen molar-refractivity contribution in [2.45, 2.75) is 19.8 Å². The summed E-state index contributed by atoms with van der Waals surface area (Å²) in [6.07, 6.45) is 1.18. The maximum atomic E-state index is 11.7. The first-order chi connectivity index (χ1) is 8.13. The van der Waals surface area contributed by atoms with Crippen molar-refractivity contribution in [3.8, 4) is 5.75 Å². The fraction of sp³-hybridized carbons (Fsp3) is 0.385. The Morgan fingerprint density at radius 3 is 2.41 bits per heavy atom. The third-order valence-corrected chi connectivity index (χ3v) is 2.34. The Bertz CT molecular complexity index is 384. The van der Waals surface area contributed by atoms with Crippen LogP contribution in [0, 0.1) is 0 Å². The van der Waals surface area contributed by atoms with Gasteiger partial charge in [-0.15, -0.1) is 0 Å². The molecule has 0 heterocycles. The highest BCUT2D eigenvalue weighted by atomic mass is 16.5. The van der Waals surface area contributed by atoms with E-state index in [1.165, 1.54) is 0 Å². The van der Waals surface area contributed by atoms with Gasteiger partial charge in [-0.05, 0) is 37.6 Å². The van der Waals surface area contributed by atoms with Gasteiger partial charge in [-0.25, -0.2) is 0 Å². The van der Waals surface area contributed by atoms with Crippen molar-refractivity contribution in [3.63, 3.8) is 0 Å². The smallest absolute Gasteiger partial charge is 0.251 e. The van der Waals surface area contributed by atoms with E-state index in [0.29, 0.717) is 24.9 Å². The predicted molar refractivity (Wildman–Crippen MR) is 65.2 cm³/mol. The monoisotopic (exact) mass is 235 g/mol. The van der Waals surface area contributed by atoms with Gasteiger partial charge in [0.25, 0.3) is 5.91 Å². The molecule has 0 unspecified atom stereocenters. The Labute approximate surface area is 101 Å². The number of nitrogens with one attached hydrogen (secondary N) is 1. The molecule has 0 saturated heterocycles. The summed E-state index contributed by atoms with van der Waals surface area (Å²) >= 11 is 0. The molecule has 1 aromatic carbocycles. The molecule has 0 aliphatic heterocycles. The lowest BCUT2D eigenvalue weighted by Crippen LogP contribution is -2.24. The van der Waals surface area contributed by atoms with Gasteiger partial charge in [0, 0.05) is 18.5 Å². The van der Waals surface area contributed by atoms with E-state index in [1.807, 2.05) is 0 Å². The molecule has 1 rings (SSSR count). The van der Waals surface area contributed by atoms with E-state index >= 15 is 0 Å². The van der Waals surface area contributed by atoms with E-state index in [9.17, 15) is 9.59 Å². The summed E-state index contributed by atoms with van der Waals surface area (Å²) in [6.45, 7) is 2.07. The molecule has 0 saturated carbocycles. The number of ether oxygens (including phenoxy) is 1. The lowest BCUT2D eigenvalue weighted by atomic mass is 10.2. The summed E-state index contributed by atoms with van der Waals surface area (Å²) in [5, 5.41) is 2.76. The van der Waals surface area contributed by atoms with Gasteiger partial charge >= 0.3 is 0 Å². The van der Waals surface area contributed by atoms with Crippen molar-refractivity contribution in [2.75, 3.05) is 13.7 Å². The van der Waals surface area contributed by atoms with E-state index in [2.05, 4.69) is 5.32 Å². The van der Waals surface area contributed by atoms with Crippen LogP contribution in [0.15, 0.2) is 24.3 Å². The molecule has 0 fully saturated rings. The number of ketones is 1. The third kappa shape index (κ3) is 4.68. The minimum atomic E-state index is -0.129. The molecule has 0 atom stereocenters. The molecule has 0 radical (unpaired) electrons. The largest absolute Gasteiger partial charge is 0.497 e. The zero-order valence-corrected chi connectivity index (χ0v) is 10.2. The van der Waals surface area contributed by atoms with Gasteiger partial charge in [0.2, 0.25) is 0 Å². The van der Waals surface area contributed by atoms with Gasteiger partial charge in [-0.1, -0.05) is 0 Å². The molecule has 17 heavy (non-hydrogen) atoms. The molecule has 1 amide bonds. The average Bonchev–Trinajstić information content (AvgIpc) is 2.34. The van der Waals surface area contributed by atoms with Crippen LogP contribution in [0.5, 0.6) is 5.75 Å². The molecule has 0 aliphatic rings. The molecule has 92 valence electrons. The number of rotatable bonds is 6. The number of amides is 1. The highest BCUT2D eigenvalue weighted by Gasteiger charge is 2.04. The lowest BCUT2D eigenvalue weighted by Gasteiger charge is -2.05. The molecule has 4 heteroatoms. The lowest BCUT2D eigenvalue weighted by molar-refractivity contribution is -0.117. The minimum Gasteiger partial charge on any atom is -0.497 e. The third-order valence-electron chi connectivity index (χ3n) is 2.34. The number of hydrogen-bond acceptors (Lipinski definition) is 3. The molecule has 0 aromatic heterocycles. The molecule has 4 nitrogen and oxygen atoms in total. The molecule has 1 N–H and O–H groups in total. The zero-order chi connectivity index (χ0) is 12.7. The highest BCUT2D eigenvalue weighted by Crippen LogP contribution is 2.10. The predicted octanol–water partition coefficient (Wildman–Crippen LogP) is 1.79. The summed E-state index contributed by atoms with van der Waals surface area (Å²) in [7, 11) is 1.58. The van der Waals surface area contributed by atoms with Crippen LogP contribution in [0.1, 0.15) is 30.1 Å². The van der Waals surface area contributed by atoms with Gasteiger partial charge in [-0.2, -0.15) is 0 Å². The molecular formula is C13H17NO3. The standard InChI is InChI=1S/C13H17NO3/c1-10(15)4-3-9-14-13(16)11-5-7-12(17-2)8-6-11/h5-8H,3-4,9H2,1-2H3,(H,14,16). The molecule has 0 aliphatic carbocycles.